The Morgan fingerprint density at radius 1 is 0.969 bits per heavy atom. The molecule has 0 bridgehead atoms. The predicted octanol–water partition coefficient (Wildman–Crippen LogP) is 8.15. The van der Waals surface area contributed by atoms with E-state index in [4.69, 9.17) is 0 Å². The minimum atomic E-state index is 0.456. The van der Waals surface area contributed by atoms with Crippen LogP contribution in [-0.2, 0) is 6.42 Å². The number of likely N-dealkylation sites (tertiary alicyclic amines) is 1. The lowest BCUT2D eigenvalue weighted by atomic mass is 9.84. The van der Waals surface area contributed by atoms with Gasteiger partial charge in [-0.1, -0.05) is 84.1 Å². The lowest BCUT2D eigenvalue weighted by Crippen LogP contribution is -2.43. The van der Waals surface area contributed by atoms with Crippen molar-refractivity contribution >= 4 is 0 Å². The molecule has 1 saturated heterocycles. The van der Waals surface area contributed by atoms with Gasteiger partial charge in [-0.2, -0.15) is 0 Å². The average Bonchev–Trinajstić information content (AvgIpc) is 3.30. The van der Waals surface area contributed by atoms with E-state index < -0.39 is 0 Å². The minimum Gasteiger partial charge on any atom is -0.384 e. The van der Waals surface area contributed by atoms with Crippen molar-refractivity contribution in [1.29, 1.82) is 0 Å². The Bertz CT molecular complexity index is 644. The molecule has 1 fully saturated rings. The number of nitrogens with zero attached hydrogens (tertiary/aromatic N) is 1. The van der Waals surface area contributed by atoms with Gasteiger partial charge in [-0.05, 0) is 81.6 Å². The molecule has 0 radical (unpaired) electrons. The largest absolute Gasteiger partial charge is 0.384 e. The predicted molar refractivity (Wildman–Crippen MR) is 143 cm³/mol. The summed E-state index contributed by atoms with van der Waals surface area (Å²) >= 11 is 0. The van der Waals surface area contributed by atoms with Crippen LogP contribution in [0.4, 0.5) is 0 Å². The molecule has 182 valence electrons. The van der Waals surface area contributed by atoms with Crippen molar-refractivity contribution in [2.75, 3.05) is 19.6 Å². The number of hydrogen-bond acceptors (Lipinski definition) is 2. The first kappa shape index (κ1) is 27.0. The van der Waals surface area contributed by atoms with Crippen LogP contribution in [0.2, 0.25) is 0 Å². The third-order valence-corrected chi connectivity index (χ3v) is 7.31. The van der Waals surface area contributed by atoms with Crippen LogP contribution in [0.15, 0.2) is 30.5 Å². The molecule has 0 aliphatic carbocycles. The number of benzene rings is 1. The Labute approximate surface area is 200 Å². The zero-order chi connectivity index (χ0) is 23.2. The third kappa shape index (κ3) is 9.30. The van der Waals surface area contributed by atoms with Gasteiger partial charge in [0.15, 0.2) is 0 Å². The molecule has 1 heterocycles. The van der Waals surface area contributed by atoms with Gasteiger partial charge in [0.25, 0.3) is 0 Å². The smallest absolute Gasteiger partial charge is 0.0453 e. The summed E-state index contributed by atoms with van der Waals surface area (Å²) in [7, 11) is 0. The molecule has 1 aliphatic heterocycles. The van der Waals surface area contributed by atoms with E-state index >= 15 is 0 Å². The average molecular weight is 441 g/mol. The van der Waals surface area contributed by atoms with Crippen LogP contribution in [0, 0.1) is 6.92 Å². The highest BCUT2D eigenvalue weighted by molar-refractivity contribution is 5.34. The first-order valence-corrected chi connectivity index (χ1v) is 13.8. The molecule has 0 saturated carbocycles. The quantitative estimate of drug-likeness (QED) is 0.246. The van der Waals surface area contributed by atoms with Crippen molar-refractivity contribution in [3.63, 3.8) is 0 Å². The molecule has 2 rings (SSSR count). The lowest BCUT2D eigenvalue weighted by Gasteiger charge is -2.33. The van der Waals surface area contributed by atoms with Crippen LogP contribution in [-0.4, -0.2) is 30.6 Å². The molecule has 2 nitrogen and oxygen atoms in total. The molecule has 1 aliphatic rings. The molecule has 0 amide bonds. The molecule has 32 heavy (non-hydrogen) atoms. The van der Waals surface area contributed by atoms with Crippen LogP contribution in [0.3, 0.4) is 0 Å². The van der Waals surface area contributed by atoms with Crippen LogP contribution < -0.4 is 5.32 Å². The summed E-state index contributed by atoms with van der Waals surface area (Å²) in [6.07, 6.45) is 16.7. The summed E-state index contributed by atoms with van der Waals surface area (Å²) in [5.41, 5.74) is 5.80. The SMILES string of the molecule is C=C(CCCCCCC)NC(CN1CCCC1)C(CCC)c1ccc(C)c(CCCC)c1. The Hall–Kier alpha value is -1.28. The summed E-state index contributed by atoms with van der Waals surface area (Å²) in [6, 6.07) is 7.78. The van der Waals surface area contributed by atoms with Gasteiger partial charge in [-0.15, -0.1) is 0 Å². The summed E-state index contributed by atoms with van der Waals surface area (Å²) in [5.74, 6) is 0.554. The number of allylic oxidation sites excluding steroid dienone is 1. The van der Waals surface area contributed by atoms with E-state index in [0.29, 0.717) is 12.0 Å². The van der Waals surface area contributed by atoms with E-state index in [1.54, 1.807) is 5.56 Å². The zero-order valence-electron chi connectivity index (χ0n) is 21.9. The van der Waals surface area contributed by atoms with E-state index in [0.717, 1.165) is 13.0 Å². The molecular weight excluding hydrogens is 388 g/mol. The molecule has 0 aromatic heterocycles. The van der Waals surface area contributed by atoms with E-state index in [2.05, 4.69) is 62.7 Å². The van der Waals surface area contributed by atoms with Crippen molar-refractivity contribution < 1.29 is 0 Å². The van der Waals surface area contributed by atoms with Crippen molar-refractivity contribution in [3.05, 3.63) is 47.2 Å². The summed E-state index contributed by atoms with van der Waals surface area (Å²) in [4.78, 5) is 2.68. The van der Waals surface area contributed by atoms with Crippen LogP contribution in [0.1, 0.15) is 120 Å². The number of hydrogen-bond donors (Lipinski definition) is 1. The van der Waals surface area contributed by atoms with Gasteiger partial charge in [0.1, 0.15) is 0 Å². The summed E-state index contributed by atoms with van der Waals surface area (Å²) in [6.45, 7) is 17.3. The van der Waals surface area contributed by atoms with Gasteiger partial charge < -0.3 is 10.2 Å². The fourth-order valence-corrected chi connectivity index (χ4v) is 5.26. The summed E-state index contributed by atoms with van der Waals surface area (Å²) < 4.78 is 0. The van der Waals surface area contributed by atoms with Crippen molar-refractivity contribution in [2.24, 2.45) is 0 Å². The normalized spacial score (nSPS) is 16.2. The highest BCUT2D eigenvalue weighted by Gasteiger charge is 2.26. The molecule has 2 unspecified atom stereocenters. The second-order valence-electron chi connectivity index (χ2n) is 10.2. The Morgan fingerprint density at radius 3 is 2.38 bits per heavy atom. The Kier molecular flexibility index (Phi) is 13.1. The molecule has 2 heteroatoms. The Balaban J connectivity index is 2.14. The van der Waals surface area contributed by atoms with Gasteiger partial charge in [0.05, 0.1) is 0 Å². The number of rotatable bonds is 17. The summed E-state index contributed by atoms with van der Waals surface area (Å²) in [5, 5.41) is 3.96. The fourth-order valence-electron chi connectivity index (χ4n) is 5.26. The third-order valence-electron chi connectivity index (χ3n) is 7.31. The number of nitrogens with one attached hydrogen (secondary N) is 1. The van der Waals surface area contributed by atoms with Crippen molar-refractivity contribution in [1.82, 2.24) is 10.2 Å². The number of unbranched alkanes of at least 4 members (excludes halogenated alkanes) is 5. The van der Waals surface area contributed by atoms with Gasteiger partial charge in [0, 0.05) is 24.2 Å². The fraction of sp³-hybridized carbons (Fsp3) is 0.733. The van der Waals surface area contributed by atoms with Crippen LogP contribution in [0.5, 0.6) is 0 Å². The molecule has 1 aromatic carbocycles. The highest BCUT2D eigenvalue weighted by atomic mass is 15.2. The van der Waals surface area contributed by atoms with Crippen LogP contribution >= 0.6 is 0 Å². The molecular formula is C30H52N2. The Morgan fingerprint density at radius 2 is 1.69 bits per heavy atom. The molecule has 2 atom stereocenters. The standard InChI is InChI=1S/C30H52N2/c1-6-9-11-12-13-17-26(5)31-30(24-32-21-14-15-22-32)29(16-8-3)28-20-19-25(4)27(23-28)18-10-7-2/h19-20,23,29-31H,5-18,21-22,24H2,1-4H3. The zero-order valence-corrected chi connectivity index (χ0v) is 21.9. The van der Waals surface area contributed by atoms with E-state index in [1.807, 2.05) is 0 Å². The first-order chi connectivity index (χ1) is 15.6. The van der Waals surface area contributed by atoms with E-state index in [9.17, 15) is 0 Å². The number of aryl methyl sites for hydroxylation is 2. The van der Waals surface area contributed by atoms with E-state index in [1.165, 1.54) is 107 Å². The molecule has 0 spiro atoms. The van der Waals surface area contributed by atoms with Crippen LogP contribution in [0.25, 0.3) is 0 Å². The van der Waals surface area contributed by atoms with E-state index in [-0.39, 0.29) is 0 Å². The second-order valence-corrected chi connectivity index (χ2v) is 10.2. The topological polar surface area (TPSA) is 15.3 Å². The van der Waals surface area contributed by atoms with Gasteiger partial charge >= 0.3 is 0 Å². The highest BCUT2D eigenvalue weighted by Crippen LogP contribution is 2.30. The monoisotopic (exact) mass is 440 g/mol. The first-order valence-electron chi connectivity index (χ1n) is 13.8. The van der Waals surface area contributed by atoms with Gasteiger partial charge in [-0.25, -0.2) is 0 Å². The lowest BCUT2D eigenvalue weighted by molar-refractivity contribution is 0.270. The minimum absolute atomic E-state index is 0.456. The van der Waals surface area contributed by atoms with Gasteiger partial charge in [0.2, 0.25) is 0 Å². The maximum atomic E-state index is 4.47. The molecule has 1 aromatic rings. The second kappa shape index (κ2) is 15.5. The molecule has 1 N–H and O–H groups in total. The van der Waals surface area contributed by atoms with Crippen molar-refractivity contribution in [3.8, 4) is 0 Å². The maximum Gasteiger partial charge on any atom is 0.0453 e. The van der Waals surface area contributed by atoms with Crippen molar-refractivity contribution in [2.45, 2.75) is 123 Å². The van der Waals surface area contributed by atoms with Gasteiger partial charge in [-0.3, -0.25) is 0 Å². The maximum absolute atomic E-state index is 4.47.